The normalized spacial score (nSPS) is 32.4. The number of sulfone groups is 1. The fourth-order valence-corrected chi connectivity index (χ4v) is 6.30. The Hall–Kier alpha value is -1.11. The summed E-state index contributed by atoms with van der Waals surface area (Å²) in [6.45, 7) is 0.403. The Bertz CT molecular complexity index is 566. The molecule has 3 fully saturated rings. The second-order valence-corrected chi connectivity index (χ2v) is 9.18. The molecule has 2 aliphatic carbocycles. The number of aliphatic carboxylic acids is 1. The van der Waals surface area contributed by atoms with Crippen molar-refractivity contribution in [3.05, 3.63) is 0 Å². The van der Waals surface area contributed by atoms with E-state index in [4.69, 9.17) is 0 Å². The van der Waals surface area contributed by atoms with E-state index in [2.05, 4.69) is 0 Å². The van der Waals surface area contributed by atoms with Gasteiger partial charge in [0, 0.05) is 6.54 Å². The van der Waals surface area contributed by atoms with Crippen LogP contribution in [0.2, 0.25) is 0 Å². The van der Waals surface area contributed by atoms with Crippen LogP contribution in [0.15, 0.2) is 0 Å². The minimum Gasteiger partial charge on any atom is -0.480 e. The molecule has 0 spiro atoms. The summed E-state index contributed by atoms with van der Waals surface area (Å²) in [7, 11) is -3.45. The van der Waals surface area contributed by atoms with E-state index in [9.17, 15) is 23.1 Å². The lowest BCUT2D eigenvalue weighted by Gasteiger charge is -2.25. The highest BCUT2D eigenvalue weighted by atomic mass is 32.2. The first-order valence-corrected chi connectivity index (χ1v) is 9.85. The molecule has 6 nitrogen and oxygen atoms in total. The van der Waals surface area contributed by atoms with Gasteiger partial charge in [0.1, 0.15) is 11.8 Å². The molecule has 124 valence electrons. The zero-order chi connectivity index (χ0) is 15.9. The predicted molar refractivity (Wildman–Crippen MR) is 80.0 cm³/mol. The van der Waals surface area contributed by atoms with Crippen LogP contribution in [0.3, 0.4) is 0 Å². The lowest BCUT2D eigenvalue weighted by atomic mass is 9.94. The van der Waals surface area contributed by atoms with Crippen LogP contribution in [-0.2, 0) is 19.4 Å². The van der Waals surface area contributed by atoms with Crippen LogP contribution in [0.25, 0.3) is 0 Å². The van der Waals surface area contributed by atoms with Gasteiger partial charge in [-0.25, -0.2) is 13.2 Å². The lowest BCUT2D eigenvalue weighted by molar-refractivity contribution is -0.148. The molecular formula is C15H23NO5S. The van der Waals surface area contributed by atoms with Gasteiger partial charge in [0.25, 0.3) is 0 Å². The van der Waals surface area contributed by atoms with E-state index in [1.54, 1.807) is 0 Å². The molecule has 1 saturated heterocycles. The topological polar surface area (TPSA) is 91.8 Å². The minimum atomic E-state index is -3.45. The molecule has 1 aliphatic heterocycles. The maximum Gasteiger partial charge on any atom is 0.326 e. The first-order valence-electron chi connectivity index (χ1n) is 8.14. The highest BCUT2D eigenvalue weighted by Gasteiger charge is 2.50. The summed E-state index contributed by atoms with van der Waals surface area (Å²) < 4.78 is 24.7. The lowest BCUT2D eigenvalue weighted by Crippen LogP contribution is -2.46. The van der Waals surface area contributed by atoms with Crippen molar-refractivity contribution >= 4 is 21.7 Å². The van der Waals surface area contributed by atoms with Crippen LogP contribution in [0.1, 0.15) is 44.9 Å². The summed E-state index contributed by atoms with van der Waals surface area (Å²) in [4.78, 5) is 25.3. The summed E-state index contributed by atoms with van der Waals surface area (Å²) in [5, 5.41) is 9.03. The number of hydrogen-bond donors (Lipinski definition) is 1. The van der Waals surface area contributed by atoms with Gasteiger partial charge in [-0.3, -0.25) is 4.79 Å². The monoisotopic (exact) mass is 329 g/mol. The smallest absolute Gasteiger partial charge is 0.326 e. The van der Waals surface area contributed by atoms with Gasteiger partial charge < -0.3 is 10.0 Å². The molecule has 1 amide bonds. The summed E-state index contributed by atoms with van der Waals surface area (Å²) >= 11 is 0. The molecule has 22 heavy (non-hydrogen) atoms. The third kappa shape index (κ3) is 2.75. The van der Waals surface area contributed by atoms with Crippen LogP contribution in [0.5, 0.6) is 0 Å². The standard InChI is InChI=1S/C15H23NO5S/c17-13(9-22(20,21)11-5-1-2-6-11)16-8-10-4-3-7-12(10)14(16)15(18)19/h10-12,14H,1-9H2,(H,18,19). The zero-order valence-electron chi connectivity index (χ0n) is 12.6. The number of likely N-dealkylation sites (tertiary alicyclic amines) is 1. The molecular weight excluding hydrogens is 306 g/mol. The number of carbonyl (C=O) groups is 2. The van der Waals surface area contributed by atoms with Crippen LogP contribution in [0, 0.1) is 11.8 Å². The van der Waals surface area contributed by atoms with E-state index < -0.39 is 38.8 Å². The largest absolute Gasteiger partial charge is 0.480 e. The van der Waals surface area contributed by atoms with Gasteiger partial charge in [0.2, 0.25) is 5.91 Å². The Balaban J connectivity index is 1.72. The molecule has 7 heteroatoms. The van der Waals surface area contributed by atoms with Gasteiger partial charge >= 0.3 is 5.97 Å². The highest BCUT2D eigenvalue weighted by Crippen LogP contribution is 2.42. The Kier molecular flexibility index (Phi) is 4.18. The first-order chi connectivity index (χ1) is 10.4. The van der Waals surface area contributed by atoms with Crippen LogP contribution >= 0.6 is 0 Å². The third-order valence-corrected chi connectivity index (χ3v) is 7.73. The molecule has 0 aromatic heterocycles. The molecule has 0 aromatic rings. The second-order valence-electron chi connectivity index (χ2n) is 6.90. The van der Waals surface area contributed by atoms with Crippen molar-refractivity contribution in [2.75, 3.05) is 12.3 Å². The van der Waals surface area contributed by atoms with Gasteiger partial charge in [0.15, 0.2) is 9.84 Å². The number of carboxylic acid groups (broad SMARTS) is 1. The van der Waals surface area contributed by atoms with E-state index >= 15 is 0 Å². The molecule has 0 radical (unpaired) electrons. The number of amides is 1. The molecule has 3 rings (SSSR count). The summed E-state index contributed by atoms with van der Waals surface area (Å²) in [5.74, 6) is -1.83. The van der Waals surface area contributed by atoms with Gasteiger partial charge in [0.05, 0.1) is 5.25 Å². The van der Waals surface area contributed by atoms with Crippen molar-refractivity contribution in [1.29, 1.82) is 0 Å². The Morgan fingerprint density at radius 3 is 2.36 bits per heavy atom. The van der Waals surface area contributed by atoms with Crippen LogP contribution in [-0.4, -0.2) is 53.9 Å². The molecule has 1 N–H and O–H groups in total. The van der Waals surface area contributed by atoms with Crippen molar-refractivity contribution in [3.63, 3.8) is 0 Å². The Labute approximate surface area is 130 Å². The number of nitrogens with zero attached hydrogens (tertiary/aromatic N) is 1. The third-order valence-electron chi connectivity index (χ3n) is 5.60. The van der Waals surface area contributed by atoms with Crippen molar-refractivity contribution in [2.45, 2.75) is 56.2 Å². The molecule has 3 unspecified atom stereocenters. The predicted octanol–water partition coefficient (Wildman–Crippen LogP) is 1.06. The SMILES string of the molecule is O=C(O)C1C2CCCC2CN1C(=O)CS(=O)(=O)C1CCCC1. The Morgan fingerprint density at radius 1 is 1.05 bits per heavy atom. The van der Waals surface area contributed by atoms with E-state index in [-0.39, 0.29) is 11.8 Å². The quantitative estimate of drug-likeness (QED) is 0.832. The van der Waals surface area contributed by atoms with Crippen molar-refractivity contribution in [1.82, 2.24) is 4.90 Å². The Morgan fingerprint density at radius 2 is 1.73 bits per heavy atom. The highest BCUT2D eigenvalue weighted by molar-refractivity contribution is 7.92. The molecule has 0 bridgehead atoms. The average Bonchev–Trinajstić information content (AvgIpc) is 3.14. The maximum atomic E-state index is 12.4. The van der Waals surface area contributed by atoms with Crippen molar-refractivity contribution in [3.8, 4) is 0 Å². The van der Waals surface area contributed by atoms with E-state index in [1.165, 1.54) is 4.90 Å². The fraction of sp³-hybridized carbons (Fsp3) is 0.867. The fourth-order valence-electron chi connectivity index (χ4n) is 4.50. The number of carbonyl (C=O) groups excluding carboxylic acids is 1. The number of rotatable bonds is 4. The van der Waals surface area contributed by atoms with Crippen LogP contribution < -0.4 is 0 Å². The molecule has 0 aromatic carbocycles. The summed E-state index contributed by atoms with van der Waals surface area (Å²) in [6.07, 6.45) is 5.80. The van der Waals surface area contributed by atoms with E-state index in [0.717, 1.165) is 32.1 Å². The van der Waals surface area contributed by atoms with E-state index in [0.29, 0.717) is 19.4 Å². The molecule has 1 heterocycles. The summed E-state index contributed by atoms with van der Waals surface area (Å²) in [6, 6.07) is -0.834. The van der Waals surface area contributed by atoms with Crippen molar-refractivity contribution < 1.29 is 23.1 Å². The van der Waals surface area contributed by atoms with Gasteiger partial charge in [-0.1, -0.05) is 19.3 Å². The average molecular weight is 329 g/mol. The maximum absolute atomic E-state index is 12.4. The van der Waals surface area contributed by atoms with Crippen molar-refractivity contribution in [2.24, 2.45) is 11.8 Å². The van der Waals surface area contributed by atoms with Gasteiger partial charge in [-0.15, -0.1) is 0 Å². The number of carboxylic acids is 1. The van der Waals surface area contributed by atoms with E-state index in [1.807, 2.05) is 0 Å². The van der Waals surface area contributed by atoms with Gasteiger partial charge in [-0.2, -0.15) is 0 Å². The zero-order valence-corrected chi connectivity index (χ0v) is 13.4. The summed E-state index contributed by atoms with van der Waals surface area (Å²) in [5.41, 5.74) is 0. The molecule has 3 atom stereocenters. The number of fused-ring (bicyclic) bond motifs is 1. The minimum absolute atomic E-state index is 0.00404. The molecule has 2 saturated carbocycles. The number of hydrogen-bond acceptors (Lipinski definition) is 4. The second kappa shape index (κ2) is 5.83. The van der Waals surface area contributed by atoms with Gasteiger partial charge in [-0.05, 0) is 37.5 Å². The molecule has 3 aliphatic rings. The van der Waals surface area contributed by atoms with Crippen LogP contribution in [0.4, 0.5) is 0 Å². The first kappa shape index (κ1) is 15.8.